The SMILES string of the molecule is CCCCOC(=O)c1ccc(N2C[C@H](C(=O)OCC(=O)Nc3ccccc3Cl)CC2=O)cc1. The summed E-state index contributed by atoms with van der Waals surface area (Å²) in [5.41, 5.74) is 1.37. The van der Waals surface area contributed by atoms with Crippen molar-refractivity contribution in [3.8, 4) is 0 Å². The van der Waals surface area contributed by atoms with Gasteiger partial charge in [0.1, 0.15) is 0 Å². The standard InChI is InChI=1S/C24H25ClN2O6/c1-2-3-12-32-23(30)16-8-10-18(11-9-16)27-14-17(13-22(27)29)24(31)33-15-21(28)26-20-7-5-4-6-19(20)25/h4-11,17H,2-3,12-15H2,1H3,(H,26,28)/t17-/m1/s1. The van der Waals surface area contributed by atoms with Crippen LogP contribution in [0.25, 0.3) is 0 Å². The molecule has 1 atom stereocenters. The van der Waals surface area contributed by atoms with Gasteiger partial charge in [-0.2, -0.15) is 0 Å². The van der Waals surface area contributed by atoms with E-state index in [-0.39, 0.29) is 18.9 Å². The summed E-state index contributed by atoms with van der Waals surface area (Å²) in [6.07, 6.45) is 1.70. The number of nitrogens with zero attached hydrogens (tertiary/aromatic N) is 1. The molecule has 0 aromatic heterocycles. The normalized spacial score (nSPS) is 15.3. The van der Waals surface area contributed by atoms with Crippen molar-refractivity contribution in [2.75, 3.05) is 30.0 Å². The first kappa shape index (κ1) is 24.3. The van der Waals surface area contributed by atoms with Crippen LogP contribution in [0.5, 0.6) is 0 Å². The van der Waals surface area contributed by atoms with Gasteiger partial charge in [-0.25, -0.2) is 4.79 Å². The Balaban J connectivity index is 1.51. The molecule has 0 aliphatic carbocycles. The highest BCUT2D eigenvalue weighted by Gasteiger charge is 2.36. The number of esters is 2. The van der Waals surface area contributed by atoms with Crippen LogP contribution in [0.15, 0.2) is 48.5 Å². The molecule has 0 spiro atoms. The Morgan fingerprint density at radius 3 is 2.52 bits per heavy atom. The first-order valence-electron chi connectivity index (χ1n) is 10.7. The van der Waals surface area contributed by atoms with Crippen LogP contribution in [0.1, 0.15) is 36.5 Å². The molecule has 1 N–H and O–H groups in total. The third-order valence-electron chi connectivity index (χ3n) is 5.10. The van der Waals surface area contributed by atoms with Crippen molar-refractivity contribution in [3.05, 3.63) is 59.1 Å². The van der Waals surface area contributed by atoms with Gasteiger partial charge in [-0.05, 0) is 42.8 Å². The van der Waals surface area contributed by atoms with Crippen molar-refractivity contribution in [2.45, 2.75) is 26.2 Å². The van der Waals surface area contributed by atoms with Gasteiger partial charge in [0.05, 0.1) is 28.8 Å². The van der Waals surface area contributed by atoms with Gasteiger partial charge in [-0.3, -0.25) is 14.4 Å². The molecule has 1 aliphatic rings. The van der Waals surface area contributed by atoms with Gasteiger partial charge in [0.15, 0.2) is 6.61 Å². The lowest BCUT2D eigenvalue weighted by Crippen LogP contribution is -2.28. The zero-order valence-electron chi connectivity index (χ0n) is 18.2. The van der Waals surface area contributed by atoms with Gasteiger partial charge in [-0.15, -0.1) is 0 Å². The lowest BCUT2D eigenvalue weighted by Gasteiger charge is -2.17. The molecule has 3 rings (SSSR count). The second-order valence-electron chi connectivity index (χ2n) is 7.58. The van der Waals surface area contributed by atoms with E-state index in [0.717, 1.165) is 12.8 Å². The van der Waals surface area contributed by atoms with Crippen molar-refractivity contribution in [1.29, 1.82) is 0 Å². The third-order valence-corrected chi connectivity index (χ3v) is 5.43. The predicted octanol–water partition coefficient (Wildman–Crippen LogP) is 3.83. The minimum absolute atomic E-state index is 0.0220. The van der Waals surface area contributed by atoms with Crippen molar-refractivity contribution in [2.24, 2.45) is 5.92 Å². The number of carbonyl (C=O) groups excluding carboxylic acids is 4. The van der Waals surface area contributed by atoms with Crippen LogP contribution in [0.2, 0.25) is 5.02 Å². The van der Waals surface area contributed by atoms with Crippen LogP contribution < -0.4 is 10.2 Å². The molecule has 0 radical (unpaired) electrons. The fourth-order valence-electron chi connectivity index (χ4n) is 3.29. The van der Waals surface area contributed by atoms with Gasteiger partial charge in [0, 0.05) is 18.7 Å². The Morgan fingerprint density at radius 1 is 1.09 bits per heavy atom. The molecule has 0 saturated carbocycles. The van der Waals surface area contributed by atoms with Crippen LogP contribution in [0, 0.1) is 5.92 Å². The van der Waals surface area contributed by atoms with Crippen molar-refractivity contribution >= 4 is 46.7 Å². The van der Waals surface area contributed by atoms with Crippen LogP contribution in [-0.4, -0.2) is 43.5 Å². The summed E-state index contributed by atoms with van der Waals surface area (Å²) in [6.45, 7) is 2.02. The Bertz CT molecular complexity index is 1020. The third kappa shape index (κ3) is 6.55. The molecule has 0 unspecified atom stereocenters. The average Bonchev–Trinajstić information content (AvgIpc) is 3.21. The molecule has 33 heavy (non-hydrogen) atoms. The zero-order valence-corrected chi connectivity index (χ0v) is 19.0. The van der Waals surface area contributed by atoms with E-state index in [1.165, 1.54) is 4.90 Å². The monoisotopic (exact) mass is 472 g/mol. The van der Waals surface area contributed by atoms with E-state index in [4.69, 9.17) is 21.1 Å². The van der Waals surface area contributed by atoms with E-state index in [1.54, 1.807) is 48.5 Å². The Hall–Kier alpha value is -3.39. The molecule has 1 aliphatic heterocycles. The van der Waals surface area contributed by atoms with E-state index in [0.29, 0.717) is 28.6 Å². The molecule has 174 valence electrons. The zero-order chi connectivity index (χ0) is 23.8. The highest BCUT2D eigenvalue weighted by Crippen LogP contribution is 2.26. The van der Waals surface area contributed by atoms with Gasteiger partial charge < -0.3 is 19.7 Å². The molecule has 1 saturated heterocycles. The fourth-order valence-corrected chi connectivity index (χ4v) is 3.47. The van der Waals surface area contributed by atoms with E-state index < -0.39 is 30.4 Å². The van der Waals surface area contributed by atoms with E-state index in [2.05, 4.69) is 5.32 Å². The summed E-state index contributed by atoms with van der Waals surface area (Å²) in [4.78, 5) is 50.3. The molecule has 8 nitrogen and oxygen atoms in total. The molecular weight excluding hydrogens is 448 g/mol. The molecule has 0 bridgehead atoms. The molecule has 2 aromatic rings. The molecule has 1 fully saturated rings. The number of ether oxygens (including phenoxy) is 2. The van der Waals surface area contributed by atoms with Crippen molar-refractivity contribution in [3.63, 3.8) is 0 Å². The lowest BCUT2D eigenvalue weighted by molar-refractivity contribution is -0.151. The number of amides is 2. The molecule has 9 heteroatoms. The molecule has 2 aromatic carbocycles. The predicted molar refractivity (Wildman–Crippen MR) is 123 cm³/mol. The number of para-hydroxylation sites is 1. The molecular formula is C24H25ClN2O6. The average molecular weight is 473 g/mol. The number of nitrogens with one attached hydrogen (secondary N) is 1. The number of rotatable bonds is 9. The lowest BCUT2D eigenvalue weighted by atomic mass is 10.1. The Morgan fingerprint density at radius 2 is 1.82 bits per heavy atom. The highest BCUT2D eigenvalue weighted by molar-refractivity contribution is 6.33. The second kappa shape index (κ2) is 11.5. The summed E-state index contributed by atoms with van der Waals surface area (Å²) >= 11 is 5.99. The van der Waals surface area contributed by atoms with Gasteiger partial charge >= 0.3 is 11.9 Å². The number of benzene rings is 2. The summed E-state index contributed by atoms with van der Waals surface area (Å²) < 4.78 is 10.3. The first-order chi connectivity index (χ1) is 15.9. The Kier molecular flexibility index (Phi) is 8.43. The summed E-state index contributed by atoms with van der Waals surface area (Å²) in [5.74, 6) is -2.50. The summed E-state index contributed by atoms with van der Waals surface area (Å²) in [5, 5.41) is 2.94. The van der Waals surface area contributed by atoms with E-state index >= 15 is 0 Å². The summed E-state index contributed by atoms with van der Waals surface area (Å²) in [7, 11) is 0. The van der Waals surface area contributed by atoms with Crippen molar-refractivity contribution in [1.82, 2.24) is 0 Å². The smallest absolute Gasteiger partial charge is 0.338 e. The van der Waals surface area contributed by atoms with Gasteiger partial charge in [0.25, 0.3) is 5.91 Å². The highest BCUT2D eigenvalue weighted by atomic mass is 35.5. The maximum Gasteiger partial charge on any atom is 0.338 e. The minimum atomic E-state index is -0.690. The van der Waals surface area contributed by atoms with Crippen LogP contribution in [0.3, 0.4) is 0 Å². The molecule has 1 heterocycles. The maximum absolute atomic E-state index is 12.4. The van der Waals surface area contributed by atoms with Crippen molar-refractivity contribution < 1.29 is 28.7 Å². The van der Waals surface area contributed by atoms with Crippen LogP contribution >= 0.6 is 11.6 Å². The number of carbonyl (C=O) groups is 4. The number of unbranched alkanes of at least 4 members (excludes halogenated alkanes) is 1. The maximum atomic E-state index is 12.4. The number of hydrogen-bond donors (Lipinski definition) is 1. The minimum Gasteiger partial charge on any atom is -0.462 e. The topological polar surface area (TPSA) is 102 Å². The van der Waals surface area contributed by atoms with Gasteiger partial charge in [-0.1, -0.05) is 37.1 Å². The molecule has 2 amide bonds. The van der Waals surface area contributed by atoms with Gasteiger partial charge in [0.2, 0.25) is 5.91 Å². The first-order valence-corrected chi connectivity index (χ1v) is 11.1. The Labute approximate surface area is 196 Å². The number of anilines is 2. The number of halogens is 1. The van der Waals surface area contributed by atoms with E-state index in [1.807, 2.05) is 6.92 Å². The summed E-state index contributed by atoms with van der Waals surface area (Å²) in [6, 6.07) is 13.2. The quantitative estimate of drug-likeness (QED) is 0.439. The largest absolute Gasteiger partial charge is 0.462 e. The van der Waals surface area contributed by atoms with Crippen LogP contribution in [-0.2, 0) is 23.9 Å². The second-order valence-corrected chi connectivity index (χ2v) is 7.98. The van der Waals surface area contributed by atoms with E-state index in [9.17, 15) is 19.2 Å². The number of hydrogen-bond acceptors (Lipinski definition) is 6. The van der Waals surface area contributed by atoms with Crippen LogP contribution in [0.4, 0.5) is 11.4 Å². The fraction of sp³-hybridized carbons (Fsp3) is 0.333.